The molecule has 0 fully saturated rings. The molecule has 0 N–H and O–H groups in total. The van der Waals surface area contributed by atoms with Gasteiger partial charge in [0.25, 0.3) is 0 Å². The van der Waals surface area contributed by atoms with Crippen LogP contribution in [-0.2, 0) is 14.6 Å². The molecule has 0 spiro atoms. The predicted octanol–water partition coefficient (Wildman–Crippen LogP) is 0.885. The molecule has 0 heterocycles. The molecule has 0 amide bonds. The summed E-state index contributed by atoms with van der Waals surface area (Å²) < 4.78 is 98.5. The van der Waals surface area contributed by atoms with Gasteiger partial charge in [0.15, 0.2) is 9.84 Å². The van der Waals surface area contributed by atoms with E-state index in [4.69, 9.17) is 12.3 Å². The highest BCUT2D eigenvalue weighted by atomic mass is 32.2. The first kappa shape index (κ1) is 4.75. The molecule has 1 aromatic carbocycles. The van der Waals surface area contributed by atoms with Crippen LogP contribution in [0.2, 0.25) is 0 Å². The van der Waals surface area contributed by atoms with Crippen LogP contribution in [0.4, 0.5) is 0 Å². The molecule has 0 saturated heterocycles. The highest BCUT2D eigenvalue weighted by molar-refractivity contribution is 7.90. The third kappa shape index (κ3) is 2.73. The normalized spacial score (nSPS) is 20.7. The molecule has 1 aromatic rings. The zero-order valence-electron chi connectivity index (χ0n) is 16.9. The van der Waals surface area contributed by atoms with Crippen LogP contribution in [0.15, 0.2) is 23.0 Å². The molecule has 16 heavy (non-hydrogen) atoms. The maximum Gasteiger partial charge on any atom is 0.338 e. The largest absolute Gasteiger partial charge is 0.497 e. The van der Waals surface area contributed by atoms with E-state index in [-0.39, 0.29) is 0 Å². The number of carbonyl (C=O) groups is 1. The molecular formula is C10H12O5S. The summed E-state index contributed by atoms with van der Waals surface area (Å²) in [6.45, 7) is 0. The molecule has 0 aromatic heterocycles. The van der Waals surface area contributed by atoms with E-state index >= 15 is 0 Å². The molecule has 88 valence electrons. The third-order valence-corrected chi connectivity index (χ3v) is 2.21. The van der Waals surface area contributed by atoms with Crippen molar-refractivity contribution in [3.63, 3.8) is 0 Å². The highest BCUT2D eigenvalue weighted by Gasteiger charge is 2.14. The molecule has 0 radical (unpaired) electrons. The number of benzene rings is 1. The van der Waals surface area contributed by atoms with Crippen molar-refractivity contribution < 1.29 is 35.0 Å². The van der Waals surface area contributed by atoms with E-state index in [0.717, 1.165) is 7.11 Å². The first-order valence-electron chi connectivity index (χ1n) is 8.22. The Morgan fingerprint density at radius 2 is 2.19 bits per heavy atom. The van der Waals surface area contributed by atoms with Gasteiger partial charge in [-0.15, -0.1) is 0 Å². The van der Waals surface area contributed by atoms with Gasteiger partial charge >= 0.3 is 5.97 Å². The lowest BCUT2D eigenvalue weighted by Crippen LogP contribution is -2.05. The number of methoxy groups -OCH3 is 2. The summed E-state index contributed by atoms with van der Waals surface area (Å²) >= 11 is 0. The topological polar surface area (TPSA) is 69.7 Å². The molecular weight excluding hydrogens is 232 g/mol. The minimum absolute atomic E-state index is 0.845. The summed E-state index contributed by atoms with van der Waals surface area (Å²) in [5, 5.41) is 0. The van der Waals surface area contributed by atoms with Crippen LogP contribution in [0, 0.1) is 0 Å². The first-order chi connectivity index (χ1) is 11.1. The maximum absolute atomic E-state index is 12.2. The quantitative estimate of drug-likeness (QED) is 0.748. The molecule has 0 aliphatic rings. The zero-order valence-corrected chi connectivity index (χ0v) is 8.77. The SMILES string of the molecule is [2H]c1c(OC([2H])([2H])[2H])c([2H])c(S(=O)(=O)C([2H])([2H])[2H])c([2H])c1C(=O)OC. The average Bonchev–Trinajstić information content (AvgIpc) is 2.40. The summed E-state index contributed by atoms with van der Waals surface area (Å²) in [6.07, 6.45) is -3.70. The lowest BCUT2D eigenvalue weighted by atomic mass is 10.2. The molecule has 0 bridgehead atoms. The van der Waals surface area contributed by atoms with Crippen LogP contribution in [0.5, 0.6) is 5.75 Å². The second-order valence-corrected chi connectivity index (χ2v) is 3.92. The van der Waals surface area contributed by atoms with Gasteiger partial charge in [-0.05, 0) is 18.1 Å². The van der Waals surface area contributed by atoms with Gasteiger partial charge in [0.05, 0.1) is 32.8 Å². The molecule has 0 atom stereocenters. The summed E-state index contributed by atoms with van der Waals surface area (Å²) in [6, 6.07) is -3.67. The van der Waals surface area contributed by atoms with E-state index in [1.165, 1.54) is 0 Å². The van der Waals surface area contributed by atoms with Crippen molar-refractivity contribution >= 4 is 15.8 Å². The smallest absolute Gasteiger partial charge is 0.338 e. The number of ether oxygens (including phenoxy) is 2. The van der Waals surface area contributed by atoms with Crippen LogP contribution >= 0.6 is 0 Å². The first-order valence-corrected chi connectivity index (χ1v) is 5.20. The minimum atomic E-state index is -5.33. The van der Waals surface area contributed by atoms with Crippen molar-refractivity contribution in [3.8, 4) is 5.75 Å². The second kappa shape index (κ2) is 4.52. The summed E-state index contributed by atoms with van der Waals surface area (Å²) in [7, 11) is -7.71. The van der Waals surface area contributed by atoms with E-state index in [9.17, 15) is 13.2 Å². The van der Waals surface area contributed by atoms with Crippen molar-refractivity contribution in [1.82, 2.24) is 0 Å². The molecule has 0 aliphatic carbocycles. The van der Waals surface area contributed by atoms with Crippen molar-refractivity contribution in [2.45, 2.75) is 4.90 Å². The summed E-state index contributed by atoms with van der Waals surface area (Å²) in [5.41, 5.74) is -1.04. The van der Waals surface area contributed by atoms with Crippen LogP contribution in [0.3, 0.4) is 0 Å². The Morgan fingerprint density at radius 3 is 2.75 bits per heavy atom. The van der Waals surface area contributed by atoms with Gasteiger partial charge < -0.3 is 9.47 Å². The summed E-state index contributed by atoms with van der Waals surface area (Å²) in [4.78, 5) is 10.3. The van der Waals surface area contributed by atoms with Crippen LogP contribution < -0.4 is 4.74 Å². The fourth-order valence-corrected chi connectivity index (χ4v) is 1.28. The number of rotatable bonds is 3. The Labute approximate surface area is 107 Å². The zero-order chi connectivity index (χ0) is 20.0. The average molecular weight is 253 g/mol. The van der Waals surface area contributed by atoms with E-state index in [1.807, 2.05) is 0 Å². The maximum atomic E-state index is 12.2. The predicted molar refractivity (Wildman–Crippen MR) is 57.4 cm³/mol. The number of hydrogen-bond donors (Lipinski definition) is 0. The summed E-state index contributed by atoms with van der Waals surface area (Å²) in [5.74, 6) is -2.58. The van der Waals surface area contributed by atoms with Gasteiger partial charge in [-0.25, -0.2) is 13.2 Å². The number of esters is 1. The van der Waals surface area contributed by atoms with Gasteiger partial charge in [-0.1, -0.05) is 0 Å². The lowest BCUT2D eigenvalue weighted by Gasteiger charge is -2.06. The van der Waals surface area contributed by atoms with Crippen molar-refractivity contribution in [1.29, 1.82) is 0 Å². The molecule has 0 saturated carbocycles. The highest BCUT2D eigenvalue weighted by Crippen LogP contribution is 2.21. The van der Waals surface area contributed by atoms with Crippen molar-refractivity contribution in [2.75, 3.05) is 20.3 Å². The number of carbonyl (C=O) groups excluding carboxylic acids is 1. The van der Waals surface area contributed by atoms with Crippen LogP contribution in [0.1, 0.15) is 22.7 Å². The van der Waals surface area contributed by atoms with Gasteiger partial charge in [0.2, 0.25) is 0 Å². The Bertz CT molecular complexity index is 810. The monoisotopic (exact) mass is 253 g/mol. The van der Waals surface area contributed by atoms with E-state index in [2.05, 4.69) is 9.47 Å². The fraction of sp³-hybridized carbons (Fsp3) is 0.300. The number of hydrogen-bond acceptors (Lipinski definition) is 5. The van der Waals surface area contributed by atoms with E-state index in [1.54, 1.807) is 0 Å². The molecule has 0 unspecified atom stereocenters. The van der Waals surface area contributed by atoms with E-state index < -0.39 is 63.4 Å². The van der Waals surface area contributed by atoms with Crippen molar-refractivity contribution in [3.05, 3.63) is 23.7 Å². The molecule has 0 aliphatic heterocycles. The van der Waals surface area contributed by atoms with Gasteiger partial charge in [-0.3, -0.25) is 0 Å². The van der Waals surface area contributed by atoms with Gasteiger partial charge in [0.1, 0.15) is 5.75 Å². The fourth-order valence-electron chi connectivity index (χ4n) is 0.813. The Kier molecular flexibility index (Phi) is 1.34. The minimum Gasteiger partial charge on any atom is -0.497 e. The second-order valence-electron chi connectivity index (χ2n) is 2.51. The Balaban J connectivity index is 4.04. The third-order valence-electron chi connectivity index (χ3n) is 1.46. The van der Waals surface area contributed by atoms with Gasteiger partial charge in [-0.2, -0.15) is 0 Å². The van der Waals surface area contributed by atoms with Gasteiger partial charge in [0, 0.05) is 10.3 Å². The standard InChI is InChI=1S/C10H12O5S/c1-14-8-4-7(10(11)15-2)5-9(6-8)16(3,12)13/h4-6H,1-3H3/i1D3,3D3,4D,5D,6D. The van der Waals surface area contributed by atoms with Crippen LogP contribution in [0.25, 0.3) is 0 Å². The molecule has 1 rings (SSSR count). The number of sulfone groups is 1. The molecule has 5 nitrogen and oxygen atoms in total. The van der Waals surface area contributed by atoms with Crippen molar-refractivity contribution in [2.24, 2.45) is 0 Å². The Hall–Kier alpha value is -1.56. The lowest BCUT2D eigenvalue weighted by molar-refractivity contribution is 0.0600. The van der Waals surface area contributed by atoms with E-state index in [0.29, 0.717) is 0 Å². The van der Waals surface area contributed by atoms with Crippen LogP contribution in [-0.4, -0.2) is 34.7 Å². The molecule has 6 heteroatoms. The Morgan fingerprint density at radius 1 is 1.44 bits per heavy atom.